The highest BCUT2D eigenvalue weighted by atomic mass is 35.5. The van der Waals surface area contributed by atoms with Gasteiger partial charge in [-0.2, -0.15) is 0 Å². The van der Waals surface area contributed by atoms with Crippen molar-refractivity contribution in [3.05, 3.63) is 23.8 Å². The van der Waals surface area contributed by atoms with Crippen molar-refractivity contribution < 1.29 is 14.2 Å². The number of hydrogen-bond donors (Lipinski definition) is 1. The molecule has 3 heterocycles. The Kier molecular flexibility index (Phi) is 7.22. The van der Waals surface area contributed by atoms with Crippen molar-refractivity contribution in [2.75, 3.05) is 51.4 Å². The van der Waals surface area contributed by atoms with Gasteiger partial charge in [0.2, 0.25) is 0 Å². The van der Waals surface area contributed by atoms with Crippen LogP contribution in [0.4, 0.5) is 5.69 Å². The zero-order valence-electron chi connectivity index (χ0n) is 17.3. The predicted octanol–water partition coefficient (Wildman–Crippen LogP) is 4.27. The first kappa shape index (κ1) is 21.2. The lowest BCUT2D eigenvalue weighted by molar-refractivity contribution is 0.0322. The third kappa shape index (κ3) is 4.68. The van der Waals surface area contributed by atoms with E-state index in [2.05, 4.69) is 28.4 Å². The zero-order valence-corrected chi connectivity index (χ0v) is 18.1. The van der Waals surface area contributed by atoms with Crippen LogP contribution in [0.2, 0.25) is 0 Å². The molecule has 0 aromatic heterocycles. The lowest BCUT2D eigenvalue weighted by Gasteiger charge is -2.42. The summed E-state index contributed by atoms with van der Waals surface area (Å²) in [7, 11) is 0. The highest BCUT2D eigenvalue weighted by molar-refractivity contribution is 5.85. The van der Waals surface area contributed by atoms with Crippen LogP contribution in [0.25, 0.3) is 0 Å². The summed E-state index contributed by atoms with van der Waals surface area (Å²) in [4.78, 5) is 2.41. The minimum absolute atomic E-state index is 0. The van der Waals surface area contributed by atoms with Crippen molar-refractivity contribution in [2.24, 2.45) is 11.8 Å². The number of halogens is 1. The van der Waals surface area contributed by atoms with Gasteiger partial charge in [-0.05, 0) is 43.4 Å². The molecule has 162 valence electrons. The van der Waals surface area contributed by atoms with Gasteiger partial charge in [0.05, 0.1) is 19.3 Å². The van der Waals surface area contributed by atoms with Gasteiger partial charge < -0.3 is 19.5 Å². The molecule has 3 aliphatic heterocycles. The molecule has 1 aromatic rings. The van der Waals surface area contributed by atoms with E-state index >= 15 is 0 Å². The van der Waals surface area contributed by atoms with Crippen LogP contribution in [-0.4, -0.2) is 57.0 Å². The molecule has 29 heavy (non-hydrogen) atoms. The fourth-order valence-electron chi connectivity index (χ4n) is 5.66. The summed E-state index contributed by atoms with van der Waals surface area (Å²) in [6.07, 6.45) is 8.37. The van der Waals surface area contributed by atoms with E-state index in [4.69, 9.17) is 14.2 Å². The number of nitrogens with zero attached hydrogens (tertiary/aromatic N) is 1. The van der Waals surface area contributed by atoms with Gasteiger partial charge in [-0.3, -0.25) is 4.90 Å². The van der Waals surface area contributed by atoms with Gasteiger partial charge in [0, 0.05) is 49.5 Å². The maximum atomic E-state index is 6.24. The number of nitrogens with one attached hydrogen (secondary N) is 1. The average molecular weight is 423 g/mol. The third-order valence-corrected chi connectivity index (χ3v) is 7.19. The Morgan fingerprint density at radius 1 is 1.03 bits per heavy atom. The van der Waals surface area contributed by atoms with Crippen LogP contribution in [0.15, 0.2) is 18.2 Å². The molecule has 2 saturated heterocycles. The van der Waals surface area contributed by atoms with E-state index in [0.29, 0.717) is 12.0 Å². The monoisotopic (exact) mass is 422 g/mol. The van der Waals surface area contributed by atoms with Crippen LogP contribution >= 0.6 is 12.4 Å². The Bertz CT molecular complexity index is 662. The minimum atomic E-state index is 0. The van der Waals surface area contributed by atoms with E-state index in [1.54, 1.807) is 0 Å². The number of morpholine rings is 1. The van der Waals surface area contributed by atoms with Gasteiger partial charge in [0.25, 0.3) is 0 Å². The van der Waals surface area contributed by atoms with Gasteiger partial charge in [-0.15, -0.1) is 12.4 Å². The number of rotatable bonds is 5. The quantitative estimate of drug-likeness (QED) is 0.767. The molecule has 3 fully saturated rings. The fourth-order valence-corrected chi connectivity index (χ4v) is 5.66. The number of hydrogen-bond acceptors (Lipinski definition) is 5. The van der Waals surface area contributed by atoms with Gasteiger partial charge in [0.15, 0.2) is 0 Å². The summed E-state index contributed by atoms with van der Waals surface area (Å²) in [6.45, 7) is 6.29. The van der Waals surface area contributed by atoms with Crippen molar-refractivity contribution in [1.29, 1.82) is 0 Å². The first-order valence-electron chi connectivity index (χ1n) is 11.3. The molecule has 1 aliphatic carbocycles. The van der Waals surface area contributed by atoms with Crippen LogP contribution in [-0.2, 0) is 9.47 Å². The van der Waals surface area contributed by atoms with Crippen LogP contribution in [0, 0.1) is 11.8 Å². The standard InChI is InChI=1S/C23H34N2O3.ClH/c1-2-4-17(5-3-1)22-19-8-12-28-23(19)20-16-18(6-7-21(20)24-22)27-15-11-25-9-13-26-14-10-25;/h6-7,16-17,19,22-24H,1-5,8-15H2;1H/t19-,22+,23-;/m0./s1. The van der Waals surface area contributed by atoms with Crippen molar-refractivity contribution in [3.8, 4) is 5.75 Å². The normalized spacial score (nSPS) is 30.0. The summed E-state index contributed by atoms with van der Waals surface area (Å²) >= 11 is 0. The lowest BCUT2D eigenvalue weighted by atomic mass is 9.73. The fraction of sp³-hybridized carbons (Fsp3) is 0.739. The summed E-state index contributed by atoms with van der Waals surface area (Å²) in [5, 5.41) is 3.92. The molecule has 1 N–H and O–H groups in total. The third-order valence-electron chi connectivity index (χ3n) is 7.19. The molecule has 5 rings (SSSR count). The molecule has 1 aromatic carbocycles. The average Bonchev–Trinajstić information content (AvgIpc) is 3.25. The molecular formula is C23H35ClN2O3. The molecular weight excluding hydrogens is 388 g/mol. The molecule has 3 atom stereocenters. The minimum Gasteiger partial charge on any atom is -0.492 e. The van der Waals surface area contributed by atoms with Gasteiger partial charge >= 0.3 is 0 Å². The smallest absolute Gasteiger partial charge is 0.119 e. The van der Waals surface area contributed by atoms with Crippen molar-refractivity contribution in [1.82, 2.24) is 4.90 Å². The zero-order chi connectivity index (χ0) is 18.8. The summed E-state index contributed by atoms with van der Waals surface area (Å²) in [5.74, 6) is 2.39. The molecule has 0 spiro atoms. The second-order valence-corrected chi connectivity index (χ2v) is 8.86. The Morgan fingerprint density at radius 2 is 1.86 bits per heavy atom. The van der Waals surface area contributed by atoms with Gasteiger partial charge in [-0.1, -0.05) is 19.3 Å². The van der Waals surface area contributed by atoms with Crippen molar-refractivity contribution in [2.45, 2.75) is 50.7 Å². The Morgan fingerprint density at radius 3 is 2.69 bits per heavy atom. The Balaban J connectivity index is 0.00000205. The Hall–Kier alpha value is -1.01. The molecule has 4 aliphatic rings. The highest BCUT2D eigenvalue weighted by Gasteiger charge is 2.44. The summed E-state index contributed by atoms with van der Waals surface area (Å²) in [5.41, 5.74) is 2.57. The summed E-state index contributed by atoms with van der Waals surface area (Å²) < 4.78 is 17.8. The van der Waals surface area contributed by atoms with E-state index in [1.165, 1.54) is 49.8 Å². The SMILES string of the molecule is Cl.c1cc2c(cc1OCCN1CCOCC1)[C@H]1OCC[C@H]1[C@@H](C1CCCCC1)N2. The Labute approximate surface area is 180 Å². The maximum Gasteiger partial charge on any atom is 0.119 e. The largest absolute Gasteiger partial charge is 0.492 e. The van der Waals surface area contributed by atoms with Gasteiger partial charge in [-0.25, -0.2) is 0 Å². The molecule has 1 saturated carbocycles. The second-order valence-electron chi connectivity index (χ2n) is 8.86. The van der Waals surface area contributed by atoms with Crippen molar-refractivity contribution in [3.63, 3.8) is 0 Å². The first-order chi connectivity index (χ1) is 13.9. The number of fused-ring (bicyclic) bond motifs is 3. The van der Waals surface area contributed by atoms with E-state index in [9.17, 15) is 0 Å². The topological polar surface area (TPSA) is 43.0 Å². The highest BCUT2D eigenvalue weighted by Crippen LogP contribution is 2.49. The molecule has 0 unspecified atom stereocenters. The maximum absolute atomic E-state index is 6.24. The van der Waals surface area contributed by atoms with Crippen LogP contribution in [0.5, 0.6) is 5.75 Å². The molecule has 0 amide bonds. The number of anilines is 1. The molecule has 0 radical (unpaired) electrons. The molecule has 6 heteroatoms. The predicted molar refractivity (Wildman–Crippen MR) is 117 cm³/mol. The van der Waals surface area contributed by atoms with E-state index in [0.717, 1.165) is 57.7 Å². The van der Waals surface area contributed by atoms with Gasteiger partial charge in [0.1, 0.15) is 12.4 Å². The number of benzene rings is 1. The van der Waals surface area contributed by atoms with Crippen LogP contribution in [0.3, 0.4) is 0 Å². The first-order valence-corrected chi connectivity index (χ1v) is 11.3. The molecule has 5 nitrogen and oxygen atoms in total. The van der Waals surface area contributed by atoms with E-state index < -0.39 is 0 Å². The second kappa shape index (κ2) is 9.86. The lowest BCUT2D eigenvalue weighted by Crippen LogP contribution is -2.42. The van der Waals surface area contributed by atoms with E-state index in [-0.39, 0.29) is 18.5 Å². The van der Waals surface area contributed by atoms with E-state index in [1.807, 2.05) is 0 Å². The van der Waals surface area contributed by atoms with Crippen LogP contribution < -0.4 is 10.1 Å². The van der Waals surface area contributed by atoms with Crippen LogP contribution in [0.1, 0.15) is 50.2 Å². The summed E-state index contributed by atoms with van der Waals surface area (Å²) in [6, 6.07) is 7.14. The van der Waals surface area contributed by atoms with Crippen molar-refractivity contribution >= 4 is 18.1 Å². The molecule has 0 bridgehead atoms. The number of ether oxygens (including phenoxy) is 3.